The molecular formula is C31H24F9NO3S. The van der Waals surface area contributed by atoms with E-state index in [-0.39, 0.29) is 41.1 Å². The van der Waals surface area contributed by atoms with Crippen LogP contribution < -0.4 is 14.4 Å². The minimum absolute atomic E-state index is 0.0981. The van der Waals surface area contributed by atoms with Crippen LogP contribution in [-0.4, -0.2) is 23.6 Å². The van der Waals surface area contributed by atoms with Gasteiger partial charge in [0.1, 0.15) is 18.1 Å². The molecule has 240 valence electrons. The Kier molecular flexibility index (Phi) is 10.5. The van der Waals surface area contributed by atoms with Crippen LogP contribution in [0.3, 0.4) is 0 Å². The smallest absolute Gasteiger partial charge is 0.489 e. The van der Waals surface area contributed by atoms with Gasteiger partial charge in [0.15, 0.2) is 0 Å². The number of thioether (sulfide) groups is 1. The molecule has 0 aromatic heterocycles. The summed E-state index contributed by atoms with van der Waals surface area (Å²) in [5.74, 6) is -0.219. The van der Waals surface area contributed by atoms with Crippen LogP contribution in [-0.2, 0) is 19.3 Å². The number of ether oxygens (including phenoxy) is 2. The third kappa shape index (κ3) is 10.2. The summed E-state index contributed by atoms with van der Waals surface area (Å²) in [6, 6.07) is 20.1. The maximum Gasteiger partial charge on any atom is 0.573 e. The van der Waals surface area contributed by atoms with E-state index in [4.69, 9.17) is 4.74 Å². The molecule has 0 bridgehead atoms. The van der Waals surface area contributed by atoms with Gasteiger partial charge in [0, 0.05) is 23.2 Å². The maximum atomic E-state index is 13.5. The van der Waals surface area contributed by atoms with Crippen LogP contribution in [0.2, 0.25) is 0 Å². The van der Waals surface area contributed by atoms with Gasteiger partial charge in [-0.05, 0) is 77.0 Å². The lowest BCUT2D eigenvalue weighted by Crippen LogP contribution is -2.31. The van der Waals surface area contributed by atoms with Crippen molar-refractivity contribution >= 4 is 17.4 Å². The van der Waals surface area contributed by atoms with Crippen LogP contribution in [0.25, 0.3) is 0 Å². The first-order valence-corrected chi connectivity index (χ1v) is 13.9. The van der Waals surface area contributed by atoms with E-state index < -0.39 is 42.0 Å². The molecule has 0 spiro atoms. The van der Waals surface area contributed by atoms with Gasteiger partial charge in [-0.25, -0.2) is 0 Å². The normalized spacial score (nSPS) is 12.9. The highest BCUT2D eigenvalue weighted by atomic mass is 32.2. The van der Waals surface area contributed by atoms with Crippen LogP contribution >= 0.6 is 11.8 Å². The Morgan fingerprint density at radius 1 is 0.711 bits per heavy atom. The number of hydrogen-bond donors (Lipinski definition) is 1. The standard InChI is InChI=1S/C31H24F9NO3S/c32-29(33,34)23-8-3-7-22(15-23)28(18-42)41(17-20-5-2-12-27(14-20)45-31(38,39)40)24-9-4-10-25(16-24)43-19-21-6-1-11-26(13-21)44-30(35,36)37/h1-16,28,42H,17-19H2. The number of aliphatic hydroxyl groups excluding tert-OH is 1. The van der Waals surface area contributed by atoms with E-state index in [1.54, 1.807) is 18.2 Å². The molecule has 0 saturated heterocycles. The number of rotatable bonds is 11. The van der Waals surface area contributed by atoms with Gasteiger partial charge in [-0.1, -0.05) is 42.5 Å². The summed E-state index contributed by atoms with van der Waals surface area (Å²) in [6.07, 6.45) is -9.55. The van der Waals surface area contributed by atoms with Crippen molar-refractivity contribution in [1.29, 1.82) is 0 Å². The average molecular weight is 662 g/mol. The number of nitrogens with zero attached hydrogens (tertiary/aromatic N) is 1. The molecule has 0 aliphatic rings. The molecule has 4 aromatic carbocycles. The first-order chi connectivity index (χ1) is 21.1. The lowest BCUT2D eigenvalue weighted by Gasteiger charge is -2.34. The zero-order chi connectivity index (χ0) is 32.8. The van der Waals surface area contributed by atoms with Crippen molar-refractivity contribution in [2.75, 3.05) is 11.5 Å². The molecule has 0 fully saturated rings. The molecule has 0 radical (unpaired) electrons. The van der Waals surface area contributed by atoms with E-state index in [0.29, 0.717) is 16.8 Å². The molecule has 45 heavy (non-hydrogen) atoms. The Labute approximate surface area is 256 Å². The summed E-state index contributed by atoms with van der Waals surface area (Å²) >= 11 is -0.320. The zero-order valence-electron chi connectivity index (χ0n) is 23.0. The highest BCUT2D eigenvalue weighted by Crippen LogP contribution is 2.39. The summed E-state index contributed by atoms with van der Waals surface area (Å²) in [5.41, 5.74) is -4.34. The Morgan fingerprint density at radius 3 is 2.07 bits per heavy atom. The minimum Gasteiger partial charge on any atom is -0.489 e. The molecule has 0 amide bonds. The van der Waals surface area contributed by atoms with E-state index in [1.165, 1.54) is 59.5 Å². The fourth-order valence-corrected chi connectivity index (χ4v) is 5.10. The highest BCUT2D eigenvalue weighted by Gasteiger charge is 2.33. The lowest BCUT2D eigenvalue weighted by molar-refractivity contribution is -0.274. The van der Waals surface area contributed by atoms with Crippen molar-refractivity contribution in [3.8, 4) is 11.5 Å². The van der Waals surface area contributed by atoms with Crippen molar-refractivity contribution in [3.05, 3.63) is 119 Å². The largest absolute Gasteiger partial charge is 0.573 e. The first-order valence-electron chi connectivity index (χ1n) is 13.1. The van der Waals surface area contributed by atoms with E-state index >= 15 is 0 Å². The predicted octanol–water partition coefficient (Wildman–Crippen LogP) is 9.54. The van der Waals surface area contributed by atoms with Gasteiger partial charge >= 0.3 is 18.0 Å². The molecule has 1 N–H and O–H groups in total. The Morgan fingerprint density at radius 2 is 1.38 bits per heavy atom. The molecule has 1 unspecified atom stereocenters. The molecule has 4 aromatic rings. The Bertz CT molecular complexity index is 1570. The third-order valence-corrected chi connectivity index (χ3v) is 7.04. The van der Waals surface area contributed by atoms with Crippen LogP contribution in [0.15, 0.2) is 102 Å². The molecular weight excluding hydrogens is 637 g/mol. The van der Waals surface area contributed by atoms with Gasteiger partial charge in [-0.3, -0.25) is 0 Å². The van der Waals surface area contributed by atoms with Crippen LogP contribution in [0.4, 0.5) is 45.2 Å². The van der Waals surface area contributed by atoms with Crippen LogP contribution in [0.1, 0.15) is 28.3 Å². The summed E-state index contributed by atoms with van der Waals surface area (Å²) in [6.45, 7) is -0.949. The fourth-order valence-electron chi connectivity index (χ4n) is 4.48. The summed E-state index contributed by atoms with van der Waals surface area (Å²) in [7, 11) is 0. The Balaban J connectivity index is 1.67. The van der Waals surface area contributed by atoms with Gasteiger partial charge in [0.2, 0.25) is 0 Å². The van der Waals surface area contributed by atoms with Gasteiger partial charge in [-0.2, -0.15) is 26.3 Å². The topological polar surface area (TPSA) is 41.9 Å². The number of benzene rings is 4. The van der Waals surface area contributed by atoms with Crippen LogP contribution in [0, 0.1) is 0 Å². The van der Waals surface area contributed by atoms with Gasteiger partial charge in [0.05, 0.1) is 18.2 Å². The number of alkyl halides is 9. The molecule has 4 rings (SSSR count). The number of anilines is 1. The van der Waals surface area contributed by atoms with Crippen molar-refractivity contribution in [2.45, 2.75) is 42.1 Å². The van der Waals surface area contributed by atoms with Crippen molar-refractivity contribution in [2.24, 2.45) is 0 Å². The highest BCUT2D eigenvalue weighted by molar-refractivity contribution is 8.00. The number of halogens is 9. The van der Waals surface area contributed by atoms with Crippen molar-refractivity contribution in [3.63, 3.8) is 0 Å². The van der Waals surface area contributed by atoms with E-state index in [0.717, 1.165) is 24.3 Å². The van der Waals surface area contributed by atoms with E-state index in [9.17, 15) is 44.6 Å². The van der Waals surface area contributed by atoms with Gasteiger partial charge in [-0.15, -0.1) is 13.2 Å². The Hall–Kier alpha value is -4.04. The molecule has 1 atom stereocenters. The molecule has 0 heterocycles. The lowest BCUT2D eigenvalue weighted by atomic mass is 10.0. The second-order valence-electron chi connectivity index (χ2n) is 9.63. The van der Waals surface area contributed by atoms with Crippen LogP contribution in [0.5, 0.6) is 11.5 Å². The number of aliphatic hydroxyl groups is 1. The zero-order valence-corrected chi connectivity index (χ0v) is 23.8. The molecule has 0 aliphatic heterocycles. The predicted molar refractivity (Wildman–Crippen MR) is 150 cm³/mol. The fraction of sp³-hybridized carbons (Fsp3) is 0.226. The molecule has 14 heteroatoms. The SMILES string of the molecule is OCC(c1cccc(C(F)(F)F)c1)N(Cc1cccc(SC(F)(F)F)c1)c1cccc(OCc2cccc(OC(F)(F)F)c2)c1. The van der Waals surface area contributed by atoms with E-state index in [2.05, 4.69) is 4.74 Å². The van der Waals surface area contributed by atoms with Gasteiger partial charge < -0.3 is 19.5 Å². The van der Waals surface area contributed by atoms with Crippen molar-refractivity contribution < 1.29 is 54.1 Å². The second-order valence-corrected chi connectivity index (χ2v) is 10.8. The summed E-state index contributed by atoms with van der Waals surface area (Å²) in [5, 5.41) is 10.4. The van der Waals surface area contributed by atoms with Crippen molar-refractivity contribution in [1.82, 2.24) is 0 Å². The maximum absolute atomic E-state index is 13.5. The summed E-state index contributed by atoms with van der Waals surface area (Å²) < 4.78 is 127. The average Bonchev–Trinajstić information content (AvgIpc) is 2.94. The second kappa shape index (κ2) is 13.9. The number of hydrogen-bond acceptors (Lipinski definition) is 5. The first kappa shape index (κ1) is 33.8. The quantitative estimate of drug-likeness (QED) is 0.128. The van der Waals surface area contributed by atoms with E-state index in [1.807, 2.05) is 0 Å². The molecule has 0 aliphatic carbocycles. The minimum atomic E-state index is -4.88. The third-order valence-electron chi connectivity index (χ3n) is 6.32. The summed E-state index contributed by atoms with van der Waals surface area (Å²) in [4.78, 5) is 1.42. The van der Waals surface area contributed by atoms with Gasteiger partial charge in [0.25, 0.3) is 0 Å². The molecule has 0 saturated carbocycles. The molecule has 4 nitrogen and oxygen atoms in total. The monoisotopic (exact) mass is 661 g/mol.